The van der Waals surface area contributed by atoms with Crippen LogP contribution in [0.3, 0.4) is 0 Å². The van der Waals surface area contributed by atoms with Gasteiger partial charge in [-0.2, -0.15) is 0 Å². The van der Waals surface area contributed by atoms with Crippen LogP contribution in [0, 0.1) is 0 Å². The Balaban J connectivity index is 2.47. The van der Waals surface area contributed by atoms with Crippen LogP contribution in [-0.4, -0.2) is 33.2 Å². The third kappa shape index (κ3) is 2.81. The average Bonchev–Trinajstić information content (AvgIpc) is 2.80. The number of hydrogen-bond acceptors (Lipinski definition) is 5. The van der Waals surface area contributed by atoms with Crippen LogP contribution in [0.15, 0.2) is 35.0 Å². The van der Waals surface area contributed by atoms with E-state index in [-0.39, 0.29) is 17.1 Å². The van der Waals surface area contributed by atoms with Crippen molar-refractivity contribution < 1.29 is 23.8 Å². The zero-order valence-electron chi connectivity index (χ0n) is 12.9. The fourth-order valence-corrected chi connectivity index (χ4v) is 2.23. The van der Waals surface area contributed by atoms with Crippen LogP contribution in [-0.2, 0) is 14.3 Å². The zero-order valence-corrected chi connectivity index (χ0v) is 12.9. The second kappa shape index (κ2) is 6.34. The van der Waals surface area contributed by atoms with Crippen LogP contribution in [0.25, 0.3) is 6.08 Å². The maximum absolute atomic E-state index is 12.0. The molecular formula is C16H17NO5. The lowest BCUT2D eigenvalue weighted by atomic mass is 10.0. The molecule has 22 heavy (non-hydrogen) atoms. The van der Waals surface area contributed by atoms with Crippen molar-refractivity contribution in [3.05, 3.63) is 40.6 Å². The van der Waals surface area contributed by atoms with Gasteiger partial charge in [0.25, 0.3) is 5.91 Å². The molecule has 1 N–H and O–H groups in total. The molecule has 1 aliphatic heterocycles. The molecule has 1 aromatic carbocycles. The van der Waals surface area contributed by atoms with Gasteiger partial charge in [0, 0.05) is 5.70 Å². The predicted molar refractivity (Wildman–Crippen MR) is 80.4 cm³/mol. The smallest absolute Gasteiger partial charge is 0.340 e. The third-order valence-corrected chi connectivity index (χ3v) is 3.30. The lowest BCUT2D eigenvalue weighted by Crippen LogP contribution is -2.15. The maximum atomic E-state index is 12.0. The summed E-state index contributed by atoms with van der Waals surface area (Å²) in [6, 6.07) is 5.22. The average molecular weight is 303 g/mol. The molecule has 0 spiro atoms. The van der Waals surface area contributed by atoms with Crippen molar-refractivity contribution in [2.75, 3.05) is 21.3 Å². The molecule has 1 amide bonds. The molecule has 1 aliphatic rings. The number of carbonyl (C=O) groups excluding carboxylic acids is 2. The summed E-state index contributed by atoms with van der Waals surface area (Å²) in [5.74, 6) is 0.228. The summed E-state index contributed by atoms with van der Waals surface area (Å²) in [6.07, 6.45) is 1.61. The minimum atomic E-state index is -0.553. The van der Waals surface area contributed by atoms with Crippen molar-refractivity contribution in [2.24, 2.45) is 0 Å². The molecule has 1 heterocycles. The number of ether oxygens (including phenoxy) is 3. The first-order valence-corrected chi connectivity index (χ1v) is 6.56. The minimum absolute atomic E-state index is 0.238. The molecule has 6 heteroatoms. The molecule has 0 saturated carbocycles. The van der Waals surface area contributed by atoms with Crippen molar-refractivity contribution in [3.8, 4) is 11.5 Å². The van der Waals surface area contributed by atoms with E-state index >= 15 is 0 Å². The largest absolute Gasteiger partial charge is 0.493 e. The Morgan fingerprint density at radius 1 is 1.14 bits per heavy atom. The predicted octanol–water partition coefficient (Wildman–Crippen LogP) is 1.66. The van der Waals surface area contributed by atoms with Gasteiger partial charge in [0.15, 0.2) is 11.5 Å². The van der Waals surface area contributed by atoms with Gasteiger partial charge in [-0.15, -0.1) is 0 Å². The van der Waals surface area contributed by atoms with Crippen LogP contribution in [0.1, 0.15) is 12.5 Å². The monoisotopic (exact) mass is 303 g/mol. The number of rotatable bonds is 4. The highest BCUT2D eigenvalue weighted by atomic mass is 16.5. The summed E-state index contributed by atoms with van der Waals surface area (Å²) in [4.78, 5) is 23.8. The van der Waals surface area contributed by atoms with Crippen molar-refractivity contribution in [1.29, 1.82) is 0 Å². The van der Waals surface area contributed by atoms with Crippen molar-refractivity contribution in [1.82, 2.24) is 5.32 Å². The van der Waals surface area contributed by atoms with E-state index in [1.807, 2.05) is 0 Å². The first-order valence-electron chi connectivity index (χ1n) is 6.56. The second-order valence-corrected chi connectivity index (χ2v) is 4.62. The van der Waals surface area contributed by atoms with Crippen LogP contribution < -0.4 is 14.8 Å². The Morgan fingerprint density at radius 3 is 2.41 bits per heavy atom. The lowest BCUT2D eigenvalue weighted by molar-refractivity contribution is -0.136. The van der Waals surface area contributed by atoms with E-state index in [1.165, 1.54) is 14.2 Å². The number of amides is 1. The second-order valence-electron chi connectivity index (χ2n) is 4.62. The SMILES string of the molecule is COC(=O)C1=C(C)NC(=O)C1=Cc1ccc(OC)c(OC)c1. The summed E-state index contributed by atoms with van der Waals surface area (Å²) >= 11 is 0. The first-order chi connectivity index (χ1) is 10.5. The van der Waals surface area contributed by atoms with Crippen molar-refractivity contribution in [2.45, 2.75) is 6.92 Å². The van der Waals surface area contributed by atoms with E-state index in [0.717, 1.165) is 0 Å². The molecule has 0 bridgehead atoms. The van der Waals surface area contributed by atoms with Crippen molar-refractivity contribution in [3.63, 3.8) is 0 Å². The van der Waals surface area contributed by atoms with E-state index in [9.17, 15) is 9.59 Å². The van der Waals surface area contributed by atoms with Crippen LogP contribution in [0.5, 0.6) is 11.5 Å². The van der Waals surface area contributed by atoms with E-state index < -0.39 is 5.97 Å². The molecule has 0 unspecified atom stereocenters. The molecular weight excluding hydrogens is 286 g/mol. The number of esters is 1. The Bertz CT molecular complexity index is 688. The van der Waals surface area contributed by atoms with E-state index in [2.05, 4.69) is 5.32 Å². The number of allylic oxidation sites excluding steroid dienone is 1. The van der Waals surface area contributed by atoms with Gasteiger partial charge < -0.3 is 19.5 Å². The number of benzene rings is 1. The quantitative estimate of drug-likeness (QED) is 0.676. The molecule has 0 fully saturated rings. The van der Waals surface area contributed by atoms with Crippen LogP contribution in [0.2, 0.25) is 0 Å². The molecule has 6 nitrogen and oxygen atoms in total. The molecule has 1 aromatic rings. The van der Waals surface area contributed by atoms with Gasteiger partial charge in [0.05, 0.1) is 32.5 Å². The molecule has 2 rings (SSSR count). The van der Waals surface area contributed by atoms with Crippen LogP contribution in [0.4, 0.5) is 0 Å². The summed E-state index contributed by atoms with van der Waals surface area (Å²) in [5.41, 5.74) is 1.68. The summed E-state index contributed by atoms with van der Waals surface area (Å²) in [7, 11) is 4.35. The van der Waals surface area contributed by atoms with Gasteiger partial charge >= 0.3 is 5.97 Å². The molecule has 0 radical (unpaired) electrons. The number of carbonyl (C=O) groups is 2. The van der Waals surface area contributed by atoms with Gasteiger partial charge in [-0.3, -0.25) is 4.79 Å². The molecule has 116 valence electrons. The summed E-state index contributed by atoms with van der Waals surface area (Å²) < 4.78 is 15.1. The topological polar surface area (TPSA) is 73.9 Å². The number of nitrogens with one attached hydrogen (secondary N) is 1. The Labute approximate surface area is 128 Å². The van der Waals surface area contributed by atoms with Gasteiger partial charge in [0.2, 0.25) is 0 Å². The highest BCUT2D eigenvalue weighted by Gasteiger charge is 2.30. The first kappa shape index (κ1) is 15.6. The van der Waals surface area contributed by atoms with E-state index in [1.54, 1.807) is 38.3 Å². The molecule has 0 atom stereocenters. The Kier molecular flexibility index (Phi) is 4.50. The highest BCUT2D eigenvalue weighted by Crippen LogP contribution is 2.30. The molecule has 0 aliphatic carbocycles. The van der Waals surface area contributed by atoms with Crippen molar-refractivity contribution >= 4 is 18.0 Å². The van der Waals surface area contributed by atoms with Gasteiger partial charge in [-0.1, -0.05) is 6.07 Å². The number of methoxy groups -OCH3 is 3. The van der Waals surface area contributed by atoms with Crippen LogP contribution >= 0.6 is 0 Å². The molecule has 0 saturated heterocycles. The molecule has 0 aromatic heterocycles. The normalized spacial score (nSPS) is 15.8. The lowest BCUT2D eigenvalue weighted by Gasteiger charge is -2.08. The fourth-order valence-electron chi connectivity index (χ4n) is 2.23. The Hall–Kier alpha value is -2.76. The minimum Gasteiger partial charge on any atom is -0.493 e. The third-order valence-electron chi connectivity index (χ3n) is 3.30. The fraction of sp³-hybridized carbons (Fsp3) is 0.250. The Morgan fingerprint density at radius 2 is 1.82 bits per heavy atom. The zero-order chi connectivity index (χ0) is 16.3. The van der Waals surface area contributed by atoms with Gasteiger partial charge in [-0.05, 0) is 30.7 Å². The van der Waals surface area contributed by atoms with Gasteiger partial charge in [0.1, 0.15) is 0 Å². The summed E-state index contributed by atoms with van der Waals surface area (Å²) in [5, 5.41) is 2.62. The maximum Gasteiger partial charge on any atom is 0.340 e. The summed E-state index contributed by atoms with van der Waals surface area (Å²) in [6.45, 7) is 1.65. The standard InChI is InChI=1S/C16H17NO5/c1-9-14(16(19)22-4)11(15(18)17-9)7-10-5-6-12(20-2)13(8-10)21-3/h5-8H,1-4H3,(H,17,18). The van der Waals surface area contributed by atoms with E-state index in [0.29, 0.717) is 22.8 Å². The van der Waals surface area contributed by atoms with Gasteiger partial charge in [-0.25, -0.2) is 4.79 Å². The highest BCUT2D eigenvalue weighted by molar-refractivity contribution is 6.16. The number of hydrogen-bond donors (Lipinski definition) is 1. The van der Waals surface area contributed by atoms with E-state index in [4.69, 9.17) is 14.2 Å².